The van der Waals surface area contributed by atoms with Crippen LogP contribution in [0.1, 0.15) is 33.1 Å². The number of unbranched alkanes of at least 4 members (excludes halogenated alkanes) is 1. The molecule has 3 heteroatoms. The molecule has 13 heavy (non-hydrogen) atoms. The molecule has 73 valence electrons. The van der Waals surface area contributed by atoms with Gasteiger partial charge in [-0.3, -0.25) is 0 Å². The van der Waals surface area contributed by atoms with E-state index in [9.17, 15) is 0 Å². The van der Waals surface area contributed by atoms with Crippen LogP contribution in [0.25, 0.3) is 0 Å². The molecule has 0 aromatic rings. The average Bonchev–Trinajstić information content (AvgIpc) is 2.28. The van der Waals surface area contributed by atoms with Crippen LogP contribution in [-0.2, 0) is 24.7 Å². The molecule has 1 unspecified atom stereocenters. The van der Waals surface area contributed by atoms with Crippen molar-refractivity contribution in [3.05, 3.63) is 21.0 Å². The van der Waals surface area contributed by atoms with Crippen molar-refractivity contribution in [1.82, 2.24) is 0 Å². The fourth-order valence-corrected chi connectivity index (χ4v) is 1.99. The molecule has 1 aliphatic rings. The summed E-state index contributed by atoms with van der Waals surface area (Å²) in [5.74, 6) is 0.736. The van der Waals surface area contributed by atoms with Crippen LogP contribution in [0.15, 0.2) is 21.0 Å². The topological polar surface area (TPSA) is 0 Å². The molecule has 0 bridgehead atoms. The summed E-state index contributed by atoms with van der Waals surface area (Å²) in [6.45, 7) is 4.54. The van der Waals surface area contributed by atoms with E-state index in [1.165, 1.54) is 19.3 Å². The molecule has 0 nitrogen and oxygen atoms in total. The van der Waals surface area contributed by atoms with Gasteiger partial charge >= 0.3 is 84.8 Å². The molecule has 0 heterocycles. The molecule has 1 aliphatic carbocycles. The van der Waals surface area contributed by atoms with Crippen LogP contribution in [0, 0.1) is 5.92 Å². The van der Waals surface area contributed by atoms with Gasteiger partial charge in [0.1, 0.15) is 0 Å². The summed E-state index contributed by atoms with van der Waals surface area (Å²) in [4.78, 5) is 0. The molecule has 0 saturated heterocycles. The minimum Gasteiger partial charge on any atom is -1.00 e. The Kier molecular flexibility index (Phi) is 10.4. The van der Waals surface area contributed by atoms with Crippen molar-refractivity contribution in [1.29, 1.82) is 0 Å². The van der Waals surface area contributed by atoms with Gasteiger partial charge in [0, 0.05) is 0 Å². The van der Waals surface area contributed by atoms with Gasteiger partial charge in [-0.25, -0.2) is 0 Å². The second-order valence-corrected chi connectivity index (χ2v) is 4.65. The van der Waals surface area contributed by atoms with Gasteiger partial charge in [0.05, 0.1) is 0 Å². The third-order valence-corrected chi connectivity index (χ3v) is 3.59. The van der Waals surface area contributed by atoms with Crippen molar-refractivity contribution in [2.24, 2.45) is 5.92 Å². The number of hydrogen-bond donors (Lipinski definition) is 0. The zero-order chi connectivity index (χ0) is 8.27. The van der Waals surface area contributed by atoms with Gasteiger partial charge in [-0.15, -0.1) is 0 Å². The predicted molar refractivity (Wildman–Crippen MR) is 44.9 cm³/mol. The van der Waals surface area contributed by atoms with E-state index < -0.39 is 0 Å². The number of halogens is 2. The fourth-order valence-electron chi connectivity index (χ4n) is 1.33. The van der Waals surface area contributed by atoms with Crippen LogP contribution in [-0.4, -0.2) is 0 Å². The van der Waals surface area contributed by atoms with Crippen molar-refractivity contribution in [3.8, 4) is 0 Å². The van der Waals surface area contributed by atoms with Crippen molar-refractivity contribution in [2.75, 3.05) is 0 Å². The van der Waals surface area contributed by atoms with Crippen molar-refractivity contribution in [2.45, 2.75) is 33.1 Å². The second-order valence-electron chi connectivity index (χ2n) is 3.23. The first kappa shape index (κ1) is 16.4. The summed E-state index contributed by atoms with van der Waals surface area (Å²) in [5.41, 5.74) is 1.58. The van der Waals surface area contributed by atoms with E-state index >= 15 is 0 Å². The molecule has 0 aromatic heterocycles. The predicted octanol–water partition coefficient (Wildman–Crippen LogP) is -2.81. The summed E-state index contributed by atoms with van der Waals surface area (Å²) < 4.78 is 1.61. The van der Waals surface area contributed by atoms with E-state index in [4.69, 9.17) is 0 Å². The average molecular weight is 297 g/mol. The number of allylic oxidation sites excluding steroid dienone is 4. The van der Waals surface area contributed by atoms with E-state index in [1.54, 1.807) is 33.6 Å². The monoisotopic (exact) mass is 295 g/mol. The summed E-state index contributed by atoms with van der Waals surface area (Å²) in [6.07, 6.45) is 8.75. The summed E-state index contributed by atoms with van der Waals surface area (Å²) in [6, 6.07) is 0. The maximum absolute atomic E-state index is 2.42. The van der Waals surface area contributed by atoms with Gasteiger partial charge in [-0.05, 0) is 0 Å². The SMILES string of the molecule is CCCCC1=CC(C)[C]([Zr+2])=C1.[Cl-].[Cl-]. The summed E-state index contributed by atoms with van der Waals surface area (Å²) in [5, 5.41) is 0. The molecular weight excluding hydrogens is 282 g/mol. The van der Waals surface area contributed by atoms with Gasteiger partial charge in [-0.2, -0.15) is 0 Å². The van der Waals surface area contributed by atoms with E-state index in [2.05, 4.69) is 26.0 Å². The quantitative estimate of drug-likeness (QED) is 0.528. The molecule has 0 saturated carbocycles. The molecule has 0 N–H and O–H groups in total. The van der Waals surface area contributed by atoms with Gasteiger partial charge in [0.2, 0.25) is 0 Å². The van der Waals surface area contributed by atoms with Crippen LogP contribution in [0.3, 0.4) is 0 Å². The Labute approximate surface area is 109 Å². The second kappa shape index (κ2) is 8.27. The Bertz CT molecular complexity index is 197. The van der Waals surface area contributed by atoms with E-state index in [0.717, 1.165) is 5.92 Å². The summed E-state index contributed by atoms with van der Waals surface area (Å²) >= 11 is 1.59. The van der Waals surface area contributed by atoms with Gasteiger partial charge in [0.25, 0.3) is 0 Å². The van der Waals surface area contributed by atoms with E-state index in [0.29, 0.717) is 0 Å². The first-order valence-corrected chi connectivity index (χ1v) is 5.61. The van der Waals surface area contributed by atoms with Crippen molar-refractivity contribution in [3.63, 3.8) is 0 Å². The van der Waals surface area contributed by atoms with E-state index in [-0.39, 0.29) is 24.8 Å². The third kappa shape index (κ3) is 5.40. The largest absolute Gasteiger partial charge is 1.00 e. The Morgan fingerprint density at radius 1 is 1.38 bits per heavy atom. The minimum atomic E-state index is 0. The van der Waals surface area contributed by atoms with Crippen LogP contribution in [0.5, 0.6) is 0 Å². The van der Waals surface area contributed by atoms with Crippen molar-refractivity contribution < 1.29 is 49.5 Å². The fraction of sp³-hybridized carbons (Fsp3) is 0.600. The van der Waals surface area contributed by atoms with Crippen LogP contribution >= 0.6 is 0 Å². The molecule has 0 aliphatic heterocycles. The zero-order valence-electron chi connectivity index (χ0n) is 8.11. The molecule has 0 aromatic carbocycles. The van der Waals surface area contributed by atoms with Crippen LogP contribution in [0.4, 0.5) is 0 Å². The van der Waals surface area contributed by atoms with Crippen molar-refractivity contribution >= 4 is 0 Å². The Morgan fingerprint density at radius 3 is 2.38 bits per heavy atom. The number of hydrogen-bond acceptors (Lipinski definition) is 0. The maximum atomic E-state index is 2.42. The standard InChI is InChI=1S/C10H15.2ClH.Zr/c1-3-4-5-10-7-6-9(2)8-10;;;/h7-9H,3-5H2,1-2H3;2*1H;/q;;;+2/p-2. The first-order valence-electron chi connectivity index (χ1n) is 4.38. The molecule has 0 radical (unpaired) electrons. The Balaban J connectivity index is 0. The molecule has 1 atom stereocenters. The zero-order valence-corrected chi connectivity index (χ0v) is 12.1. The molecule has 0 spiro atoms. The van der Waals surface area contributed by atoms with Crippen LogP contribution < -0.4 is 24.8 Å². The molecular formula is C10H15Cl2Zr. The first-order chi connectivity index (χ1) is 5.24. The summed E-state index contributed by atoms with van der Waals surface area (Å²) in [7, 11) is 0. The maximum Gasteiger partial charge on any atom is -1.00 e. The smallest absolute Gasteiger partial charge is 1.00 e. The van der Waals surface area contributed by atoms with Crippen LogP contribution in [0.2, 0.25) is 0 Å². The minimum absolute atomic E-state index is 0. The molecule has 0 fully saturated rings. The van der Waals surface area contributed by atoms with E-state index in [1.807, 2.05) is 0 Å². The molecule has 0 amide bonds. The van der Waals surface area contributed by atoms with Gasteiger partial charge in [0.15, 0.2) is 0 Å². The number of rotatable bonds is 3. The van der Waals surface area contributed by atoms with Gasteiger partial charge in [-0.1, -0.05) is 0 Å². The Hall–Kier alpha value is 0.943. The normalized spacial score (nSPS) is 19.8. The van der Waals surface area contributed by atoms with Gasteiger partial charge < -0.3 is 24.8 Å². The third-order valence-electron chi connectivity index (χ3n) is 2.11. The Morgan fingerprint density at radius 2 is 2.00 bits per heavy atom. The molecule has 1 rings (SSSR count).